The summed E-state index contributed by atoms with van der Waals surface area (Å²) in [5.74, 6) is 0. The van der Waals surface area contributed by atoms with E-state index in [4.69, 9.17) is 5.26 Å². The first-order valence-corrected chi connectivity index (χ1v) is 4.81. The average molecular weight is 188 g/mol. The SMILES string of the molecule is Cc1ccc(C)c2sc(C#N)nc12. The zero-order chi connectivity index (χ0) is 9.42. The van der Waals surface area contributed by atoms with Crippen molar-refractivity contribution in [3.63, 3.8) is 0 Å². The maximum Gasteiger partial charge on any atom is 0.195 e. The van der Waals surface area contributed by atoms with Crippen molar-refractivity contribution in [1.82, 2.24) is 4.98 Å². The van der Waals surface area contributed by atoms with Gasteiger partial charge in [-0.15, -0.1) is 11.3 Å². The van der Waals surface area contributed by atoms with Gasteiger partial charge in [0, 0.05) is 0 Å². The summed E-state index contributed by atoms with van der Waals surface area (Å²) in [6.07, 6.45) is 0. The molecule has 0 fully saturated rings. The van der Waals surface area contributed by atoms with Crippen LogP contribution < -0.4 is 0 Å². The fourth-order valence-corrected chi connectivity index (χ4v) is 2.22. The Bertz CT molecular complexity index is 466. The van der Waals surface area contributed by atoms with E-state index in [1.54, 1.807) is 0 Å². The van der Waals surface area contributed by atoms with Crippen LogP contribution in [0.25, 0.3) is 10.2 Å². The molecule has 13 heavy (non-hydrogen) atoms. The molecule has 0 aliphatic carbocycles. The van der Waals surface area contributed by atoms with E-state index in [1.165, 1.54) is 16.9 Å². The molecule has 0 aliphatic heterocycles. The van der Waals surface area contributed by atoms with Crippen molar-refractivity contribution in [2.45, 2.75) is 13.8 Å². The Labute approximate surface area is 80.5 Å². The quantitative estimate of drug-likeness (QED) is 0.637. The molecular weight excluding hydrogens is 180 g/mol. The first-order chi connectivity index (χ1) is 6.22. The molecule has 0 saturated heterocycles. The van der Waals surface area contributed by atoms with Gasteiger partial charge in [0.2, 0.25) is 0 Å². The van der Waals surface area contributed by atoms with E-state index in [-0.39, 0.29) is 0 Å². The van der Waals surface area contributed by atoms with Gasteiger partial charge in [0.15, 0.2) is 5.01 Å². The first-order valence-electron chi connectivity index (χ1n) is 3.99. The molecule has 0 radical (unpaired) electrons. The van der Waals surface area contributed by atoms with E-state index in [1.807, 2.05) is 19.9 Å². The van der Waals surface area contributed by atoms with Crippen LogP contribution in [-0.4, -0.2) is 4.98 Å². The summed E-state index contributed by atoms with van der Waals surface area (Å²) in [5, 5.41) is 9.27. The Morgan fingerprint density at radius 2 is 2.00 bits per heavy atom. The van der Waals surface area contributed by atoms with E-state index in [0.29, 0.717) is 5.01 Å². The van der Waals surface area contributed by atoms with Gasteiger partial charge in [0.05, 0.1) is 10.2 Å². The standard InChI is InChI=1S/C10H8N2S/c1-6-3-4-7(2)10-9(6)12-8(5-11)13-10/h3-4H,1-2H3. The maximum atomic E-state index is 8.72. The van der Waals surface area contributed by atoms with Crippen molar-refractivity contribution in [3.8, 4) is 6.07 Å². The highest BCUT2D eigenvalue weighted by atomic mass is 32.1. The minimum atomic E-state index is 0.549. The van der Waals surface area contributed by atoms with Gasteiger partial charge in [-0.3, -0.25) is 0 Å². The predicted molar refractivity (Wildman–Crippen MR) is 53.8 cm³/mol. The fraction of sp³-hybridized carbons (Fsp3) is 0.200. The molecule has 2 aromatic rings. The molecule has 1 aromatic carbocycles. The molecule has 0 saturated carbocycles. The van der Waals surface area contributed by atoms with Gasteiger partial charge in [-0.25, -0.2) is 4.98 Å². The summed E-state index contributed by atoms with van der Waals surface area (Å²) < 4.78 is 1.14. The summed E-state index contributed by atoms with van der Waals surface area (Å²) in [4.78, 5) is 4.25. The molecule has 2 rings (SSSR count). The van der Waals surface area contributed by atoms with Gasteiger partial charge in [0.25, 0.3) is 0 Å². The molecule has 3 heteroatoms. The first kappa shape index (κ1) is 8.21. The Kier molecular flexibility index (Phi) is 1.78. The molecule has 64 valence electrons. The zero-order valence-corrected chi connectivity index (χ0v) is 8.27. The van der Waals surface area contributed by atoms with E-state index in [9.17, 15) is 0 Å². The van der Waals surface area contributed by atoms with Gasteiger partial charge in [-0.05, 0) is 25.0 Å². The monoisotopic (exact) mass is 188 g/mol. The molecule has 1 heterocycles. The molecule has 0 spiro atoms. The lowest BCUT2D eigenvalue weighted by molar-refractivity contribution is 1.36. The lowest BCUT2D eigenvalue weighted by Crippen LogP contribution is -1.78. The van der Waals surface area contributed by atoms with E-state index >= 15 is 0 Å². The third-order valence-electron chi connectivity index (χ3n) is 2.04. The van der Waals surface area contributed by atoms with Gasteiger partial charge >= 0.3 is 0 Å². The average Bonchev–Trinajstić information content (AvgIpc) is 2.56. The molecule has 0 unspecified atom stereocenters. The van der Waals surface area contributed by atoms with Crippen LogP contribution in [0.15, 0.2) is 12.1 Å². The van der Waals surface area contributed by atoms with Crippen molar-refractivity contribution in [2.24, 2.45) is 0 Å². The highest BCUT2D eigenvalue weighted by Gasteiger charge is 2.06. The number of nitriles is 1. The second kappa shape index (κ2) is 2.82. The minimum absolute atomic E-state index is 0.549. The number of aromatic nitrogens is 1. The number of thiazole rings is 1. The van der Waals surface area contributed by atoms with Crippen LogP contribution in [0.4, 0.5) is 0 Å². The lowest BCUT2D eigenvalue weighted by Gasteiger charge is -1.96. The van der Waals surface area contributed by atoms with Crippen LogP contribution in [0.1, 0.15) is 16.1 Å². The number of benzene rings is 1. The Balaban J connectivity index is 2.90. The molecule has 0 bridgehead atoms. The number of hydrogen-bond donors (Lipinski definition) is 0. The highest BCUT2D eigenvalue weighted by molar-refractivity contribution is 7.19. The molecule has 1 aromatic heterocycles. The summed E-state index contributed by atoms with van der Waals surface area (Å²) in [6.45, 7) is 4.06. The van der Waals surface area contributed by atoms with Crippen LogP contribution in [0.5, 0.6) is 0 Å². The second-order valence-corrected chi connectivity index (χ2v) is 4.01. The molecular formula is C10H8N2S. The molecule has 0 amide bonds. The normalized spacial score (nSPS) is 10.2. The molecule has 2 nitrogen and oxygen atoms in total. The van der Waals surface area contributed by atoms with Crippen molar-refractivity contribution in [1.29, 1.82) is 5.26 Å². The summed E-state index contributed by atoms with van der Waals surface area (Å²) in [6, 6.07) is 6.18. The Hall–Kier alpha value is -1.40. The van der Waals surface area contributed by atoms with Crippen molar-refractivity contribution in [2.75, 3.05) is 0 Å². The smallest absolute Gasteiger partial charge is 0.195 e. The zero-order valence-electron chi connectivity index (χ0n) is 7.46. The summed E-state index contributed by atoms with van der Waals surface area (Å²) in [5.41, 5.74) is 3.31. The number of aryl methyl sites for hydroxylation is 2. The summed E-state index contributed by atoms with van der Waals surface area (Å²) >= 11 is 1.47. The van der Waals surface area contributed by atoms with Crippen LogP contribution in [0.3, 0.4) is 0 Å². The van der Waals surface area contributed by atoms with Gasteiger partial charge in [-0.1, -0.05) is 12.1 Å². The van der Waals surface area contributed by atoms with Crippen LogP contribution >= 0.6 is 11.3 Å². The lowest BCUT2D eigenvalue weighted by atomic mass is 10.1. The van der Waals surface area contributed by atoms with Crippen LogP contribution in [0.2, 0.25) is 0 Å². The molecule has 0 atom stereocenters. The van der Waals surface area contributed by atoms with Gasteiger partial charge < -0.3 is 0 Å². The number of fused-ring (bicyclic) bond motifs is 1. The number of hydrogen-bond acceptors (Lipinski definition) is 3. The maximum absolute atomic E-state index is 8.72. The largest absolute Gasteiger partial charge is 0.226 e. The molecule has 0 N–H and O–H groups in total. The minimum Gasteiger partial charge on any atom is -0.226 e. The Morgan fingerprint density at radius 1 is 1.31 bits per heavy atom. The van der Waals surface area contributed by atoms with Gasteiger partial charge in [-0.2, -0.15) is 5.26 Å². The van der Waals surface area contributed by atoms with Gasteiger partial charge in [0.1, 0.15) is 6.07 Å². The summed E-state index contributed by atoms with van der Waals surface area (Å²) in [7, 11) is 0. The second-order valence-electron chi connectivity index (χ2n) is 3.01. The Morgan fingerprint density at radius 3 is 2.62 bits per heavy atom. The van der Waals surface area contributed by atoms with Crippen LogP contribution in [-0.2, 0) is 0 Å². The van der Waals surface area contributed by atoms with Crippen molar-refractivity contribution < 1.29 is 0 Å². The van der Waals surface area contributed by atoms with Crippen molar-refractivity contribution in [3.05, 3.63) is 28.3 Å². The van der Waals surface area contributed by atoms with E-state index in [0.717, 1.165) is 15.8 Å². The number of nitrogens with zero attached hydrogens (tertiary/aromatic N) is 2. The third kappa shape index (κ3) is 1.20. The van der Waals surface area contributed by atoms with Crippen molar-refractivity contribution >= 4 is 21.6 Å². The fourth-order valence-electron chi connectivity index (χ4n) is 1.31. The number of rotatable bonds is 0. The third-order valence-corrected chi connectivity index (χ3v) is 3.13. The molecule has 0 aliphatic rings. The predicted octanol–water partition coefficient (Wildman–Crippen LogP) is 2.78. The topological polar surface area (TPSA) is 36.7 Å². The van der Waals surface area contributed by atoms with E-state index in [2.05, 4.69) is 17.1 Å². The van der Waals surface area contributed by atoms with E-state index < -0.39 is 0 Å². The highest BCUT2D eigenvalue weighted by Crippen LogP contribution is 2.27. The van der Waals surface area contributed by atoms with Crippen LogP contribution in [0, 0.1) is 25.2 Å².